The van der Waals surface area contributed by atoms with Gasteiger partial charge in [-0.3, -0.25) is 4.79 Å². The molecule has 5 heteroatoms. The second-order valence-corrected chi connectivity index (χ2v) is 6.95. The number of ether oxygens (including phenoxy) is 2. The molecule has 1 amide bonds. The molecule has 25 heavy (non-hydrogen) atoms. The van der Waals surface area contributed by atoms with E-state index in [1.807, 2.05) is 29.2 Å². The molecule has 4 rings (SSSR count). The van der Waals surface area contributed by atoms with Crippen molar-refractivity contribution in [3.05, 3.63) is 58.6 Å². The molecule has 2 aromatic carbocycles. The minimum Gasteiger partial charge on any atom is -0.454 e. The minimum atomic E-state index is -0.00588. The Bertz CT molecular complexity index is 778. The molecule has 1 saturated heterocycles. The number of halogens is 1. The fraction of sp³-hybridized carbons (Fsp3) is 0.350. The molecule has 2 aliphatic heterocycles. The Kier molecular flexibility index (Phi) is 4.53. The van der Waals surface area contributed by atoms with Gasteiger partial charge in [0.1, 0.15) is 0 Å². The molecule has 0 aliphatic carbocycles. The molecular weight excluding hydrogens is 338 g/mol. The summed E-state index contributed by atoms with van der Waals surface area (Å²) in [7, 11) is 0. The van der Waals surface area contributed by atoms with Crippen LogP contribution < -0.4 is 9.47 Å². The van der Waals surface area contributed by atoms with Crippen molar-refractivity contribution in [2.75, 3.05) is 19.9 Å². The third-order valence-electron chi connectivity index (χ3n) is 4.93. The third kappa shape index (κ3) is 3.45. The highest BCUT2D eigenvalue weighted by Gasteiger charge is 2.32. The minimum absolute atomic E-state index is 0.00588. The Morgan fingerprint density at radius 1 is 1.12 bits per heavy atom. The monoisotopic (exact) mass is 357 g/mol. The zero-order chi connectivity index (χ0) is 17.2. The number of benzene rings is 2. The molecule has 2 heterocycles. The molecule has 1 unspecified atom stereocenters. The Morgan fingerprint density at radius 3 is 2.68 bits per heavy atom. The first-order chi connectivity index (χ1) is 12.2. The molecule has 0 bridgehead atoms. The fourth-order valence-electron chi connectivity index (χ4n) is 3.50. The normalized spacial score (nSPS) is 18.8. The maximum atomic E-state index is 12.7. The van der Waals surface area contributed by atoms with Gasteiger partial charge in [-0.15, -0.1) is 0 Å². The van der Waals surface area contributed by atoms with E-state index in [9.17, 15) is 4.79 Å². The molecule has 1 atom stereocenters. The highest BCUT2D eigenvalue weighted by Crippen LogP contribution is 2.38. The van der Waals surface area contributed by atoms with Gasteiger partial charge in [0.15, 0.2) is 11.5 Å². The maximum absolute atomic E-state index is 12.7. The second kappa shape index (κ2) is 6.96. The fourth-order valence-corrected chi connectivity index (χ4v) is 3.74. The van der Waals surface area contributed by atoms with Crippen molar-refractivity contribution in [2.24, 2.45) is 5.92 Å². The number of amides is 1. The summed E-state index contributed by atoms with van der Waals surface area (Å²) in [5.74, 6) is 1.61. The number of likely N-dealkylation sites (tertiary alicyclic amines) is 1. The van der Waals surface area contributed by atoms with Crippen molar-refractivity contribution >= 4 is 17.5 Å². The molecule has 0 N–H and O–H groups in total. The number of carbonyl (C=O) groups is 1. The molecular formula is C20H20ClNO3. The summed E-state index contributed by atoms with van der Waals surface area (Å²) >= 11 is 6.35. The van der Waals surface area contributed by atoms with Crippen molar-refractivity contribution in [1.29, 1.82) is 0 Å². The van der Waals surface area contributed by atoms with Gasteiger partial charge in [0.05, 0.1) is 0 Å². The zero-order valence-electron chi connectivity index (χ0n) is 13.9. The lowest BCUT2D eigenvalue weighted by atomic mass is 9.97. The summed E-state index contributed by atoms with van der Waals surface area (Å²) in [5.41, 5.74) is 2.21. The summed E-state index contributed by atoms with van der Waals surface area (Å²) in [5, 5.41) is 0.639. The Hall–Kier alpha value is -2.20. The van der Waals surface area contributed by atoms with Crippen LogP contribution >= 0.6 is 11.6 Å². The predicted octanol–water partition coefficient (Wildman–Crippen LogP) is 3.70. The highest BCUT2D eigenvalue weighted by atomic mass is 35.5. The first kappa shape index (κ1) is 16.3. The van der Waals surface area contributed by atoms with E-state index >= 15 is 0 Å². The first-order valence-electron chi connectivity index (χ1n) is 8.61. The smallest absolute Gasteiger partial charge is 0.231 e. The molecule has 2 aliphatic rings. The van der Waals surface area contributed by atoms with Gasteiger partial charge in [0.2, 0.25) is 12.7 Å². The number of hydrogen-bond acceptors (Lipinski definition) is 3. The van der Waals surface area contributed by atoms with Gasteiger partial charge < -0.3 is 14.4 Å². The van der Waals surface area contributed by atoms with E-state index in [1.54, 1.807) is 6.07 Å². The van der Waals surface area contributed by atoms with Gasteiger partial charge in [-0.05, 0) is 36.5 Å². The molecule has 0 radical (unpaired) electrons. The third-order valence-corrected chi connectivity index (χ3v) is 5.28. The zero-order valence-corrected chi connectivity index (χ0v) is 14.7. The molecule has 1 fully saturated rings. The molecule has 0 aromatic heterocycles. The Labute approximate surface area is 152 Å². The van der Waals surface area contributed by atoms with Crippen LogP contribution in [0.1, 0.15) is 17.5 Å². The largest absolute Gasteiger partial charge is 0.454 e. The van der Waals surface area contributed by atoms with E-state index in [-0.39, 0.29) is 18.6 Å². The first-order valence-corrected chi connectivity index (χ1v) is 8.99. The van der Waals surface area contributed by atoms with Crippen molar-refractivity contribution in [3.63, 3.8) is 0 Å². The van der Waals surface area contributed by atoms with Crippen LogP contribution in [-0.2, 0) is 17.6 Å². The molecule has 4 nitrogen and oxygen atoms in total. The van der Waals surface area contributed by atoms with Gasteiger partial charge in [-0.2, -0.15) is 0 Å². The van der Waals surface area contributed by atoms with Crippen LogP contribution in [0.4, 0.5) is 0 Å². The van der Waals surface area contributed by atoms with Gasteiger partial charge in [0.25, 0.3) is 0 Å². The van der Waals surface area contributed by atoms with E-state index in [2.05, 4.69) is 12.1 Å². The van der Waals surface area contributed by atoms with Crippen LogP contribution in [0.15, 0.2) is 42.5 Å². The van der Waals surface area contributed by atoms with Crippen molar-refractivity contribution < 1.29 is 14.3 Å². The van der Waals surface area contributed by atoms with Crippen molar-refractivity contribution in [2.45, 2.75) is 19.3 Å². The predicted molar refractivity (Wildman–Crippen MR) is 96.1 cm³/mol. The summed E-state index contributed by atoms with van der Waals surface area (Å²) in [6.45, 7) is 1.82. The van der Waals surface area contributed by atoms with E-state index in [1.165, 1.54) is 5.56 Å². The lowest BCUT2D eigenvalue weighted by Gasteiger charge is -2.17. The topological polar surface area (TPSA) is 38.8 Å². The lowest BCUT2D eigenvalue weighted by Crippen LogP contribution is -2.30. The van der Waals surface area contributed by atoms with Crippen LogP contribution in [0.3, 0.4) is 0 Å². The average Bonchev–Trinajstić information content (AvgIpc) is 3.21. The van der Waals surface area contributed by atoms with Crippen LogP contribution in [0.2, 0.25) is 5.02 Å². The number of hydrogen-bond donors (Lipinski definition) is 0. The Balaban J connectivity index is 1.39. The van der Waals surface area contributed by atoms with Crippen molar-refractivity contribution in [3.8, 4) is 11.5 Å². The van der Waals surface area contributed by atoms with Gasteiger partial charge in [-0.1, -0.05) is 41.9 Å². The van der Waals surface area contributed by atoms with Gasteiger partial charge in [0, 0.05) is 30.1 Å². The quantitative estimate of drug-likeness (QED) is 0.819. The highest BCUT2D eigenvalue weighted by molar-refractivity contribution is 6.31. The lowest BCUT2D eigenvalue weighted by molar-refractivity contribution is -0.130. The van der Waals surface area contributed by atoms with E-state index in [0.717, 1.165) is 31.5 Å². The summed E-state index contributed by atoms with van der Waals surface area (Å²) in [6.07, 6.45) is 2.42. The number of carbonyl (C=O) groups excluding carboxylic acids is 1. The number of fused-ring (bicyclic) bond motifs is 1. The SMILES string of the molecule is O=C1C(Cc2cc3c(cc2Cl)OCO3)CCN1CCc1ccccc1. The van der Waals surface area contributed by atoms with Crippen LogP contribution in [0, 0.1) is 5.92 Å². The molecule has 2 aromatic rings. The summed E-state index contributed by atoms with van der Waals surface area (Å²) in [4.78, 5) is 14.7. The van der Waals surface area contributed by atoms with Crippen LogP contribution in [0.25, 0.3) is 0 Å². The number of nitrogens with zero attached hydrogens (tertiary/aromatic N) is 1. The number of rotatable bonds is 5. The molecule has 0 spiro atoms. The average molecular weight is 358 g/mol. The van der Waals surface area contributed by atoms with E-state index < -0.39 is 0 Å². The Morgan fingerprint density at radius 2 is 1.88 bits per heavy atom. The van der Waals surface area contributed by atoms with Gasteiger partial charge in [-0.25, -0.2) is 0 Å². The van der Waals surface area contributed by atoms with Crippen LogP contribution in [-0.4, -0.2) is 30.7 Å². The van der Waals surface area contributed by atoms with Crippen molar-refractivity contribution in [1.82, 2.24) is 4.90 Å². The van der Waals surface area contributed by atoms with Crippen LogP contribution in [0.5, 0.6) is 11.5 Å². The maximum Gasteiger partial charge on any atom is 0.231 e. The molecule has 130 valence electrons. The summed E-state index contributed by atoms with van der Waals surface area (Å²) < 4.78 is 10.8. The van der Waals surface area contributed by atoms with Gasteiger partial charge >= 0.3 is 0 Å². The second-order valence-electron chi connectivity index (χ2n) is 6.55. The summed E-state index contributed by atoms with van der Waals surface area (Å²) in [6, 6.07) is 14.0. The molecule has 0 saturated carbocycles. The standard InChI is InChI=1S/C20H20ClNO3/c21-17-12-19-18(24-13-25-19)11-16(17)10-15-7-9-22(20(15)23)8-6-14-4-2-1-3-5-14/h1-5,11-12,15H,6-10,13H2. The van der Waals surface area contributed by atoms with E-state index in [4.69, 9.17) is 21.1 Å². The van der Waals surface area contributed by atoms with E-state index in [0.29, 0.717) is 22.9 Å².